The van der Waals surface area contributed by atoms with Crippen LogP contribution in [0.3, 0.4) is 0 Å². The Kier molecular flexibility index (Phi) is 30.2. The molecule has 0 saturated carbocycles. The number of phosphoric ester groups is 1. The summed E-state index contributed by atoms with van der Waals surface area (Å²) in [5.74, 6) is 0.0655. The summed E-state index contributed by atoms with van der Waals surface area (Å²) in [6, 6.07) is 0. The molecule has 0 bridgehead atoms. The monoisotopic (exact) mass is 826 g/mol. The number of imidazole rings is 1. The Morgan fingerprint density at radius 2 is 1.17 bits per heavy atom. The Labute approximate surface area is 315 Å². The van der Waals surface area contributed by atoms with Gasteiger partial charge < -0.3 is 88.8 Å². The molecule has 54 heavy (non-hydrogen) atoms. The maximum absolute atomic E-state index is 11.3. The van der Waals surface area contributed by atoms with Gasteiger partial charge in [-0.05, 0) is 0 Å². The van der Waals surface area contributed by atoms with E-state index in [-0.39, 0.29) is 17.0 Å². The number of hydrogen-bond acceptors (Lipinski definition) is 20. The Balaban J connectivity index is 0.000000852. The van der Waals surface area contributed by atoms with Crippen molar-refractivity contribution in [2.45, 2.75) is 24.5 Å². The summed E-state index contributed by atoms with van der Waals surface area (Å²) >= 11 is 0. The van der Waals surface area contributed by atoms with Crippen LogP contribution in [0.2, 0.25) is 0 Å². The fourth-order valence-electron chi connectivity index (χ4n) is 4.10. The molecule has 5 atom stereocenters. The second-order valence-electron chi connectivity index (χ2n) is 11.0. The number of hydrogen-bond donors (Lipinski definition) is 6. The van der Waals surface area contributed by atoms with Crippen LogP contribution in [0.4, 0.5) is 5.82 Å². The lowest BCUT2D eigenvalue weighted by Gasteiger charge is -2.35. The predicted molar refractivity (Wildman–Crippen MR) is 184 cm³/mol. The molecule has 0 spiro atoms. The second kappa shape index (κ2) is 31.2. The average Bonchev–Trinajstić information content (AvgIpc) is 3.68. The van der Waals surface area contributed by atoms with Gasteiger partial charge in [-0.1, -0.05) is 0 Å². The summed E-state index contributed by atoms with van der Waals surface area (Å²) in [6.45, 7) is 10.2. The minimum atomic E-state index is -5.85. The number of nitrogen functional groups attached to an aromatic ring is 1. The van der Waals surface area contributed by atoms with E-state index < -0.39 is 46.8 Å². The molecule has 1 aliphatic heterocycles. The number of nitrogens with two attached hydrogens (primary N) is 4. The van der Waals surface area contributed by atoms with E-state index in [4.69, 9.17) is 38.9 Å². The minimum Gasteiger partial charge on any atom is -0.790 e. The summed E-state index contributed by atoms with van der Waals surface area (Å²) in [5, 5.41) is 26.7. The number of aromatic nitrogens is 4. The van der Waals surface area contributed by atoms with Gasteiger partial charge in [-0.25, -0.2) is 15.0 Å². The molecule has 2 aromatic rings. The van der Waals surface area contributed by atoms with E-state index in [0.717, 1.165) is 85.2 Å². The molecule has 0 radical (unpaired) electrons. The zero-order valence-electron chi connectivity index (χ0n) is 31.8. The van der Waals surface area contributed by atoms with Gasteiger partial charge in [0.1, 0.15) is 30.2 Å². The highest BCUT2D eigenvalue weighted by Gasteiger charge is 2.45. The van der Waals surface area contributed by atoms with Crippen LogP contribution in [-0.2, 0) is 51.1 Å². The van der Waals surface area contributed by atoms with Crippen molar-refractivity contribution >= 4 is 32.6 Å². The summed E-state index contributed by atoms with van der Waals surface area (Å²) in [4.78, 5) is 43.7. The van der Waals surface area contributed by atoms with Crippen molar-refractivity contribution in [1.82, 2.24) is 19.5 Å². The Bertz CT molecular complexity index is 1250. The number of fused-ring (bicyclic) bond motifs is 1. The number of aliphatic hydroxyl groups is 2. The van der Waals surface area contributed by atoms with Crippen LogP contribution >= 0.6 is 15.6 Å². The highest BCUT2D eigenvalue weighted by molar-refractivity contribution is 7.58. The van der Waals surface area contributed by atoms with Gasteiger partial charge in [0.2, 0.25) is 0 Å². The van der Waals surface area contributed by atoms with Crippen LogP contribution in [0.5, 0.6) is 0 Å². The summed E-state index contributed by atoms with van der Waals surface area (Å²) < 4.78 is 64.8. The number of quaternary nitrogens is 3. The Hall–Kier alpha value is -1.87. The number of nitrogens with zero attached hydrogens (tertiary/aromatic N) is 4. The molecule has 24 nitrogen and oxygen atoms in total. The molecule has 0 amide bonds. The average molecular weight is 827 g/mol. The lowest BCUT2D eigenvalue weighted by Crippen LogP contribution is -2.86. The molecule has 10 N–H and O–H groups in total. The van der Waals surface area contributed by atoms with Crippen molar-refractivity contribution in [3.63, 3.8) is 0 Å². The number of methoxy groups -OCH3 is 6. The third kappa shape index (κ3) is 23.9. The smallest absolute Gasteiger partial charge is 0.271 e. The zero-order chi connectivity index (χ0) is 40.8. The van der Waals surface area contributed by atoms with E-state index in [1.165, 1.54) is 10.9 Å². The highest BCUT2D eigenvalue weighted by Crippen LogP contribution is 2.50. The van der Waals surface area contributed by atoms with E-state index in [9.17, 15) is 34.0 Å². The van der Waals surface area contributed by atoms with Crippen LogP contribution in [0.25, 0.3) is 11.2 Å². The number of aliphatic hydroxyl groups excluding tert-OH is 2. The van der Waals surface area contributed by atoms with Gasteiger partial charge in [0.25, 0.3) is 7.82 Å². The van der Waals surface area contributed by atoms with E-state index in [0.29, 0.717) is 0 Å². The van der Waals surface area contributed by atoms with E-state index in [1.54, 1.807) is 42.7 Å². The predicted octanol–water partition coefficient (Wildman–Crippen LogP) is -7.11. The van der Waals surface area contributed by atoms with Crippen molar-refractivity contribution < 1.29 is 92.0 Å². The van der Waals surface area contributed by atoms with Gasteiger partial charge in [-0.2, -0.15) is 0 Å². The molecular formula is C28H60N8O16P2. The lowest BCUT2D eigenvalue weighted by molar-refractivity contribution is -0.657. The standard InChI is InChI=1S/C10H15N5O10P2.3C6H15NO2/c11-8-5-9(13-2-12-8)15(3-14-5)10-7(17)6(16)4(24-10)1-23-27(21,22)25-26(18,19)20;3*1-8-5-3-7-4-6-9-2/h2-4,6-7,10,16-17H,1H2,(H,21,22)(H2,11,12,13)(H2,18,19,20);3*7H,3-6H2,1-2H3/t4-,6-,7-,10-;;;/m1.../s1. The van der Waals surface area contributed by atoms with Crippen LogP contribution in [0, 0.1) is 0 Å². The molecule has 1 fully saturated rings. The normalized spacial score (nSPS) is 19.2. The van der Waals surface area contributed by atoms with Crippen molar-refractivity contribution in [2.24, 2.45) is 0 Å². The number of rotatable bonds is 24. The van der Waals surface area contributed by atoms with E-state index >= 15 is 0 Å². The number of anilines is 1. The van der Waals surface area contributed by atoms with E-state index in [2.05, 4.69) is 39.7 Å². The molecule has 0 aromatic carbocycles. The number of phosphoric acid groups is 2. The zero-order valence-corrected chi connectivity index (χ0v) is 33.5. The molecule has 0 aliphatic carbocycles. The minimum absolute atomic E-state index is 0.0655. The quantitative estimate of drug-likeness (QED) is 0.0423. The van der Waals surface area contributed by atoms with Gasteiger partial charge in [0, 0.05) is 42.7 Å². The van der Waals surface area contributed by atoms with Crippen molar-refractivity contribution in [1.29, 1.82) is 0 Å². The molecule has 26 heteroatoms. The lowest BCUT2D eigenvalue weighted by atomic mass is 10.1. The molecule has 1 unspecified atom stereocenters. The van der Waals surface area contributed by atoms with Crippen LogP contribution in [0.1, 0.15) is 6.23 Å². The molecular weight excluding hydrogens is 766 g/mol. The van der Waals surface area contributed by atoms with E-state index in [1.807, 2.05) is 0 Å². The fourth-order valence-corrected chi connectivity index (χ4v) is 5.60. The van der Waals surface area contributed by atoms with Gasteiger partial charge in [0.05, 0.1) is 99.7 Å². The van der Waals surface area contributed by atoms with Gasteiger partial charge in [-0.15, -0.1) is 0 Å². The summed E-state index contributed by atoms with van der Waals surface area (Å²) in [5.41, 5.74) is 6.04. The summed E-state index contributed by atoms with van der Waals surface area (Å²) in [6.07, 6.45) is -3.48. The molecule has 318 valence electrons. The van der Waals surface area contributed by atoms with Crippen molar-refractivity contribution in [2.75, 3.05) is 134 Å². The molecule has 2 aromatic heterocycles. The first-order valence-electron chi connectivity index (χ1n) is 16.8. The first-order valence-corrected chi connectivity index (χ1v) is 19.7. The van der Waals surface area contributed by atoms with Gasteiger partial charge in [-0.3, -0.25) is 13.4 Å². The van der Waals surface area contributed by atoms with Gasteiger partial charge >= 0.3 is 0 Å². The van der Waals surface area contributed by atoms with Crippen molar-refractivity contribution in [3.8, 4) is 0 Å². The summed E-state index contributed by atoms with van der Waals surface area (Å²) in [7, 11) is -1.08. The molecule has 3 heterocycles. The SMILES string of the molecule is COCC[NH2+]CCOC.COCC[NH2+]CCOC.COCC[NH2+]CCOC.Nc1ncnc2c1ncn2[C@@H]1O[C@H](COP(=O)([O-])OP(=O)([O-])[O-])[C@@H](O)[C@H]1O. The molecule has 3 rings (SSSR count). The topological polar surface area (TPSA) is 346 Å². The van der Waals surface area contributed by atoms with Crippen LogP contribution < -0.4 is 36.4 Å². The maximum atomic E-state index is 11.3. The number of ether oxygens (including phenoxy) is 7. The third-order valence-corrected chi connectivity index (χ3v) is 8.82. The Morgan fingerprint density at radius 3 is 1.56 bits per heavy atom. The highest BCUT2D eigenvalue weighted by atomic mass is 31.3. The molecule has 1 saturated heterocycles. The first-order chi connectivity index (χ1) is 25.7. The van der Waals surface area contributed by atoms with Crippen molar-refractivity contribution in [3.05, 3.63) is 12.7 Å². The maximum Gasteiger partial charge on any atom is 0.271 e. The Morgan fingerprint density at radius 1 is 0.741 bits per heavy atom. The van der Waals surface area contributed by atoms with Crippen LogP contribution in [0.15, 0.2) is 12.7 Å². The second-order valence-corrected chi connectivity index (χ2v) is 13.7. The fraction of sp³-hybridized carbons (Fsp3) is 0.821. The van der Waals surface area contributed by atoms with Gasteiger partial charge in [0.15, 0.2) is 17.7 Å². The van der Waals surface area contributed by atoms with Crippen LogP contribution in [-0.4, -0.2) is 176 Å². The third-order valence-electron chi connectivity index (χ3n) is 6.75. The first kappa shape index (κ1) is 52.1. The molecule has 1 aliphatic rings. The largest absolute Gasteiger partial charge is 0.790 e.